The van der Waals surface area contributed by atoms with Crippen molar-refractivity contribution < 1.29 is 0 Å². The van der Waals surface area contributed by atoms with E-state index < -0.39 is 7.92 Å². The molecule has 0 radical (unpaired) electrons. The first-order valence-corrected chi connectivity index (χ1v) is 14.5. The minimum absolute atomic E-state index is 0.0996. The molecule has 0 amide bonds. The summed E-state index contributed by atoms with van der Waals surface area (Å²) in [4.78, 5) is 7.94. The third kappa shape index (κ3) is 5.41. The van der Waals surface area contributed by atoms with Gasteiger partial charge in [0.2, 0.25) is 0 Å². The summed E-state index contributed by atoms with van der Waals surface area (Å²) in [5.74, 6) is 1.13. The Hall–Kier alpha value is -3.22. The summed E-state index contributed by atoms with van der Waals surface area (Å²) in [7, 11) is -0.753. The van der Waals surface area contributed by atoms with Crippen LogP contribution in [-0.4, -0.2) is 23.3 Å². The number of aliphatic imine (C=N–C) groups is 1. The molecule has 0 saturated carbocycles. The number of aryl methyl sites for hydroxylation is 2. The van der Waals surface area contributed by atoms with Crippen molar-refractivity contribution in [1.29, 1.82) is 0 Å². The normalized spacial score (nSPS) is 15.8. The standard InChI is InChI=1S/C34H37N2P/c1-25-15-9-12-20-29(25)37(30-21-13-10-16-26(30)2)31-22-14-11-19-28(31)33-35-32(34(3,4)5)24-36(33)23-27-17-7-6-8-18-27/h6-22,32H,23-24H2,1-5H3/t32-/m1/s1. The first kappa shape index (κ1) is 25.4. The van der Waals surface area contributed by atoms with Gasteiger partial charge in [0.15, 0.2) is 0 Å². The van der Waals surface area contributed by atoms with E-state index in [4.69, 9.17) is 4.99 Å². The number of hydrogen-bond acceptors (Lipinski definition) is 2. The maximum Gasteiger partial charge on any atom is 0.132 e. The van der Waals surface area contributed by atoms with Gasteiger partial charge in [-0.15, -0.1) is 0 Å². The predicted molar refractivity (Wildman–Crippen MR) is 161 cm³/mol. The monoisotopic (exact) mass is 504 g/mol. The molecule has 0 aliphatic carbocycles. The highest BCUT2D eigenvalue weighted by Crippen LogP contribution is 2.38. The van der Waals surface area contributed by atoms with E-state index in [2.05, 4.69) is 143 Å². The van der Waals surface area contributed by atoms with Gasteiger partial charge in [-0.05, 0) is 59.8 Å². The van der Waals surface area contributed by atoms with Gasteiger partial charge >= 0.3 is 0 Å². The molecule has 0 unspecified atom stereocenters. The van der Waals surface area contributed by atoms with Crippen molar-refractivity contribution >= 4 is 29.7 Å². The second-order valence-corrected chi connectivity index (χ2v) is 13.2. The lowest BCUT2D eigenvalue weighted by atomic mass is 9.87. The highest BCUT2D eigenvalue weighted by molar-refractivity contribution is 7.80. The molecule has 5 rings (SSSR count). The molecule has 0 spiro atoms. The number of benzene rings is 4. The van der Waals surface area contributed by atoms with Gasteiger partial charge in [0.25, 0.3) is 0 Å². The van der Waals surface area contributed by atoms with Crippen molar-refractivity contribution in [3.63, 3.8) is 0 Å². The maximum absolute atomic E-state index is 5.44. The van der Waals surface area contributed by atoms with Crippen molar-refractivity contribution in [2.24, 2.45) is 10.4 Å². The van der Waals surface area contributed by atoms with Crippen molar-refractivity contribution in [2.75, 3.05) is 6.54 Å². The van der Waals surface area contributed by atoms with E-state index in [1.54, 1.807) is 0 Å². The van der Waals surface area contributed by atoms with Gasteiger partial charge in [0, 0.05) is 18.7 Å². The minimum Gasteiger partial charge on any atom is -0.350 e. The number of rotatable bonds is 6. The van der Waals surface area contributed by atoms with Gasteiger partial charge in [-0.2, -0.15) is 0 Å². The molecule has 1 aliphatic heterocycles. The predicted octanol–water partition coefficient (Wildman–Crippen LogP) is 6.74. The fourth-order valence-corrected chi connectivity index (χ4v) is 7.85. The molecule has 1 aliphatic rings. The Morgan fingerprint density at radius 1 is 0.703 bits per heavy atom. The lowest BCUT2D eigenvalue weighted by Gasteiger charge is -2.28. The van der Waals surface area contributed by atoms with Crippen LogP contribution in [0.2, 0.25) is 0 Å². The van der Waals surface area contributed by atoms with Gasteiger partial charge < -0.3 is 4.90 Å². The molecule has 0 fully saturated rings. The Labute approximate surface area is 223 Å². The number of hydrogen-bond donors (Lipinski definition) is 0. The molecule has 1 atom stereocenters. The second kappa shape index (κ2) is 10.6. The van der Waals surface area contributed by atoms with Crippen LogP contribution < -0.4 is 15.9 Å². The molecule has 4 aromatic rings. The Kier molecular flexibility index (Phi) is 7.31. The summed E-state index contributed by atoms with van der Waals surface area (Å²) in [6.07, 6.45) is 0. The quantitative estimate of drug-likeness (QED) is 0.266. The van der Waals surface area contributed by atoms with Gasteiger partial charge in [-0.3, -0.25) is 4.99 Å². The summed E-state index contributed by atoms with van der Waals surface area (Å²) >= 11 is 0. The van der Waals surface area contributed by atoms with Crippen LogP contribution in [0.25, 0.3) is 0 Å². The summed E-state index contributed by atoms with van der Waals surface area (Å²) in [6, 6.07) is 37.9. The molecular weight excluding hydrogens is 467 g/mol. The summed E-state index contributed by atoms with van der Waals surface area (Å²) < 4.78 is 0. The van der Waals surface area contributed by atoms with E-state index in [1.807, 2.05) is 0 Å². The lowest BCUT2D eigenvalue weighted by Crippen LogP contribution is -2.36. The Morgan fingerprint density at radius 2 is 1.22 bits per heavy atom. The fraction of sp³-hybridized carbons (Fsp3) is 0.265. The molecule has 0 bridgehead atoms. The molecule has 37 heavy (non-hydrogen) atoms. The van der Waals surface area contributed by atoms with Crippen molar-refractivity contribution in [1.82, 2.24) is 4.90 Å². The van der Waals surface area contributed by atoms with Crippen molar-refractivity contribution in [2.45, 2.75) is 47.2 Å². The number of amidine groups is 1. The van der Waals surface area contributed by atoms with E-state index >= 15 is 0 Å². The van der Waals surface area contributed by atoms with E-state index in [0.29, 0.717) is 0 Å². The lowest BCUT2D eigenvalue weighted by molar-refractivity contribution is 0.286. The van der Waals surface area contributed by atoms with Gasteiger partial charge in [-0.25, -0.2) is 0 Å². The average Bonchev–Trinajstić information content (AvgIpc) is 3.31. The molecule has 0 aromatic heterocycles. The van der Waals surface area contributed by atoms with E-state index in [1.165, 1.54) is 38.2 Å². The minimum atomic E-state index is -0.753. The summed E-state index contributed by atoms with van der Waals surface area (Å²) in [5.41, 5.74) is 5.37. The highest BCUT2D eigenvalue weighted by atomic mass is 31.1. The zero-order chi connectivity index (χ0) is 26.0. The molecule has 2 nitrogen and oxygen atoms in total. The van der Waals surface area contributed by atoms with Crippen LogP contribution in [0.1, 0.15) is 43.0 Å². The van der Waals surface area contributed by atoms with Crippen LogP contribution in [0.3, 0.4) is 0 Å². The van der Waals surface area contributed by atoms with Crippen LogP contribution in [0.4, 0.5) is 0 Å². The SMILES string of the molecule is Cc1ccccc1P(c1ccccc1C)c1ccccc1C1=N[C@@H](C(C)(C)C)CN1Cc1ccccc1. The molecular formula is C34H37N2P. The van der Waals surface area contributed by atoms with Crippen molar-refractivity contribution in [3.8, 4) is 0 Å². The molecule has 4 aromatic carbocycles. The number of nitrogens with zero attached hydrogens (tertiary/aromatic N) is 2. The van der Waals surface area contributed by atoms with Crippen molar-refractivity contribution in [3.05, 3.63) is 125 Å². The Balaban J connectivity index is 1.68. The largest absolute Gasteiger partial charge is 0.350 e. The first-order valence-electron chi connectivity index (χ1n) is 13.2. The highest BCUT2D eigenvalue weighted by Gasteiger charge is 2.35. The Morgan fingerprint density at radius 3 is 1.78 bits per heavy atom. The van der Waals surface area contributed by atoms with Crippen LogP contribution in [0.15, 0.2) is 108 Å². The summed E-state index contributed by atoms with van der Waals surface area (Å²) in [5, 5.41) is 4.21. The third-order valence-corrected chi connectivity index (χ3v) is 10.1. The summed E-state index contributed by atoms with van der Waals surface area (Å²) in [6.45, 7) is 13.2. The Bertz CT molecular complexity index is 1360. The van der Waals surface area contributed by atoms with Gasteiger partial charge in [0.05, 0.1) is 6.04 Å². The first-order chi connectivity index (χ1) is 17.8. The topological polar surface area (TPSA) is 15.6 Å². The molecule has 188 valence electrons. The smallest absolute Gasteiger partial charge is 0.132 e. The fourth-order valence-electron chi connectivity index (χ4n) is 5.09. The average molecular weight is 505 g/mol. The van der Waals surface area contributed by atoms with E-state index in [9.17, 15) is 0 Å². The zero-order valence-corrected chi connectivity index (χ0v) is 23.5. The molecule has 1 heterocycles. The molecule has 3 heteroatoms. The molecule has 0 N–H and O–H groups in total. The van der Waals surface area contributed by atoms with Crippen LogP contribution in [-0.2, 0) is 6.54 Å². The molecule has 0 saturated heterocycles. The van der Waals surface area contributed by atoms with E-state index in [-0.39, 0.29) is 11.5 Å². The van der Waals surface area contributed by atoms with Crippen LogP contribution in [0, 0.1) is 19.3 Å². The second-order valence-electron chi connectivity index (χ2n) is 11.1. The third-order valence-electron chi connectivity index (χ3n) is 7.29. The van der Waals surface area contributed by atoms with Gasteiger partial charge in [-0.1, -0.05) is 124 Å². The van der Waals surface area contributed by atoms with Crippen LogP contribution in [0.5, 0.6) is 0 Å². The zero-order valence-electron chi connectivity index (χ0n) is 22.6. The van der Waals surface area contributed by atoms with Gasteiger partial charge in [0.1, 0.15) is 5.84 Å². The van der Waals surface area contributed by atoms with E-state index in [0.717, 1.165) is 18.9 Å². The maximum atomic E-state index is 5.44. The van der Waals surface area contributed by atoms with Crippen LogP contribution >= 0.6 is 7.92 Å².